The van der Waals surface area contributed by atoms with Gasteiger partial charge in [0.1, 0.15) is 0 Å². The van der Waals surface area contributed by atoms with Crippen LogP contribution in [0.3, 0.4) is 0 Å². The zero-order chi connectivity index (χ0) is 21.3. The lowest BCUT2D eigenvalue weighted by Gasteiger charge is -2.35. The first-order valence-electron chi connectivity index (χ1n) is 9.89. The summed E-state index contributed by atoms with van der Waals surface area (Å²) in [6.45, 7) is 7.53. The molecule has 0 atom stereocenters. The fourth-order valence-electron chi connectivity index (χ4n) is 3.61. The molecule has 0 aliphatic carbocycles. The zero-order valence-corrected chi connectivity index (χ0v) is 17.8. The average Bonchev–Trinajstić information content (AvgIpc) is 3.31. The van der Waals surface area contributed by atoms with Crippen LogP contribution < -0.4 is 5.32 Å². The number of imidazole rings is 1. The third-order valence-corrected chi connectivity index (χ3v) is 5.91. The second kappa shape index (κ2) is 8.41. The third kappa shape index (κ3) is 4.14. The highest BCUT2D eigenvalue weighted by molar-refractivity contribution is 7.15. The molecule has 0 unspecified atom stereocenters. The first kappa shape index (κ1) is 20.3. The molecule has 3 aromatic rings. The first-order valence-corrected chi connectivity index (χ1v) is 10.8. The van der Waals surface area contributed by atoms with E-state index in [2.05, 4.69) is 14.6 Å². The topological polar surface area (TPSA) is 96.0 Å². The first-order chi connectivity index (χ1) is 14.4. The van der Waals surface area contributed by atoms with Crippen LogP contribution in [0.5, 0.6) is 0 Å². The van der Waals surface area contributed by atoms with E-state index in [-0.39, 0.29) is 17.8 Å². The van der Waals surface area contributed by atoms with E-state index in [1.165, 1.54) is 12.1 Å². The highest BCUT2D eigenvalue weighted by Gasteiger charge is 2.24. The van der Waals surface area contributed by atoms with Gasteiger partial charge in [-0.3, -0.25) is 19.4 Å². The molecule has 0 spiro atoms. The Kier molecular flexibility index (Phi) is 5.69. The molecule has 1 fully saturated rings. The van der Waals surface area contributed by atoms with Crippen molar-refractivity contribution in [2.45, 2.75) is 26.4 Å². The predicted octanol–water partition coefficient (Wildman–Crippen LogP) is 3.21. The maximum Gasteiger partial charge on any atom is 0.317 e. The van der Waals surface area contributed by atoms with Gasteiger partial charge >= 0.3 is 6.03 Å². The van der Waals surface area contributed by atoms with Gasteiger partial charge in [0.25, 0.3) is 5.69 Å². The number of hydrogen-bond acceptors (Lipinski definition) is 6. The van der Waals surface area contributed by atoms with Gasteiger partial charge in [-0.1, -0.05) is 0 Å². The molecular formula is C20H24N6O3S. The monoisotopic (exact) mass is 428 g/mol. The van der Waals surface area contributed by atoms with Crippen molar-refractivity contribution in [1.29, 1.82) is 0 Å². The number of nitrogens with zero attached hydrogens (tertiary/aromatic N) is 5. The predicted molar refractivity (Wildman–Crippen MR) is 116 cm³/mol. The minimum atomic E-state index is -0.397. The lowest BCUT2D eigenvalue weighted by atomic mass is 10.1. The molecule has 0 bridgehead atoms. The summed E-state index contributed by atoms with van der Waals surface area (Å²) in [7, 11) is 0. The Bertz CT molecular complexity index is 1050. The van der Waals surface area contributed by atoms with Crippen LogP contribution >= 0.6 is 11.3 Å². The Balaban J connectivity index is 1.52. The molecule has 0 radical (unpaired) electrons. The van der Waals surface area contributed by atoms with Gasteiger partial charge in [-0.15, -0.1) is 11.3 Å². The van der Waals surface area contributed by atoms with E-state index in [0.29, 0.717) is 19.6 Å². The molecule has 2 aromatic heterocycles. The van der Waals surface area contributed by atoms with Gasteiger partial charge < -0.3 is 10.2 Å². The van der Waals surface area contributed by atoms with Crippen molar-refractivity contribution in [3.8, 4) is 11.3 Å². The number of thiazole rings is 1. The number of carbonyl (C=O) groups excluding carboxylic acids is 1. The standard InChI is InChI=1S/C20H24N6O3S/c1-14(2)21-19(27)24-9-7-23(8-10-24)13-17-18(22-20-25(17)11-12-30-20)15-3-5-16(6-4-15)26(28)29/h3-6,11-12,14H,7-10,13H2,1-2H3,(H,21,27). The summed E-state index contributed by atoms with van der Waals surface area (Å²) < 4.78 is 2.08. The number of piperazine rings is 1. The molecular weight excluding hydrogens is 404 g/mol. The van der Waals surface area contributed by atoms with Crippen molar-refractivity contribution in [1.82, 2.24) is 24.5 Å². The SMILES string of the molecule is CC(C)NC(=O)N1CCN(Cc2c(-c3ccc([N+](=O)[O-])cc3)nc3sccn23)CC1. The lowest BCUT2D eigenvalue weighted by Crippen LogP contribution is -2.52. The van der Waals surface area contributed by atoms with Crippen molar-refractivity contribution >= 4 is 28.0 Å². The van der Waals surface area contributed by atoms with Crippen LogP contribution in [-0.2, 0) is 6.54 Å². The van der Waals surface area contributed by atoms with E-state index in [0.717, 1.165) is 35.0 Å². The number of benzene rings is 1. The molecule has 9 nitrogen and oxygen atoms in total. The number of fused-ring (bicyclic) bond motifs is 1. The summed E-state index contributed by atoms with van der Waals surface area (Å²) in [5.74, 6) is 0. The Morgan fingerprint density at radius 1 is 1.23 bits per heavy atom. The maximum atomic E-state index is 12.2. The van der Waals surface area contributed by atoms with Gasteiger partial charge in [0.15, 0.2) is 4.96 Å². The smallest absolute Gasteiger partial charge is 0.317 e. The molecule has 1 aliphatic heterocycles. The van der Waals surface area contributed by atoms with Crippen LogP contribution in [0.4, 0.5) is 10.5 Å². The van der Waals surface area contributed by atoms with Crippen LogP contribution in [0, 0.1) is 10.1 Å². The molecule has 3 heterocycles. The second-order valence-electron chi connectivity index (χ2n) is 7.63. The molecule has 4 rings (SSSR count). The number of nitro benzene ring substituents is 1. The minimum Gasteiger partial charge on any atom is -0.336 e. The number of amides is 2. The molecule has 1 aromatic carbocycles. The highest BCUT2D eigenvalue weighted by atomic mass is 32.1. The number of carbonyl (C=O) groups is 1. The number of aromatic nitrogens is 2. The normalized spacial score (nSPS) is 15.1. The molecule has 0 saturated carbocycles. The van der Waals surface area contributed by atoms with Gasteiger partial charge in [-0.25, -0.2) is 9.78 Å². The molecule has 1 aliphatic rings. The van der Waals surface area contributed by atoms with Crippen LogP contribution in [0.15, 0.2) is 35.8 Å². The number of hydrogen-bond donors (Lipinski definition) is 1. The van der Waals surface area contributed by atoms with E-state index in [9.17, 15) is 14.9 Å². The lowest BCUT2D eigenvalue weighted by molar-refractivity contribution is -0.384. The number of urea groups is 1. The molecule has 1 saturated heterocycles. The van der Waals surface area contributed by atoms with Gasteiger partial charge in [0.05, 0.1) is 16.3 Å². The molecule has 1 N–H and O–H groups in total. The second-order valence-corrected chi connectivity index (χ2v) is 8.51. The third-order valence-electron chi connectivity index (χ3n) is 5.16. The van der Waals surface area contributed by atoms with Crippen LogP contribution in [0.1, 0.15) is 19.5 Å². The summed E-state index contributed by atoms with van der Waals surface area (Å²) in [5.41, 5.74) is 2.83. The zero-order valence-electron chi connectivity index (χ0n) is 16.9. The minimum absolute atomic E-state index is 0.0132. The van der Waals surface area contributed by atoms with Crippen molar-refractivity contribution in [3.63, 3.8) is 0 Å². The molecule has 10 heteroatoms. The van der Waals surface area contributed by atoms with Crippen LogP contribution in [0.25, 0.3) is 16.2 Å². The average molecular weight is 429 g/mol. The number of rotatable bonds is 5. The van der Waals surface area contributed by atoms with Crippen molar-refractivity contribution in [2.24, 2.45) is 0 Å². The molecule has 30 heavy (non-hydrogen) atoms. The van der Waals surface area contributed by atoms with E-state index < -0.39 is 4.92 Å². The molecule has 158 valence electrons. The number of nitrogens with one attached hydrogen (secondary N) is 1. The van der Waals surface area contributed by atoms with E-state index in [1.807, 2.05) is 30.3 Å². The van der Waals surface area contributed by atoms with Crippen LogP contribution in [-0.4, -0.2) is 62.4 Å². The van der Waals surface area contributed by atoms with Crippen molar-refractivity contribution < 1.29 is 9.72 Å². The summed E-state index contributed by atoms with van der Waals surface area (Å²) in [5, 5.41) is 15.9. The maximum absolute atomic E-state index is 12.2. The highest BCUT2D eigenvalue weighted by Crippen LogP contribution is 2.29. The van der Waals surface area contributed by atoms with Gasteiger partial charge in [0.2, 0.25) is 0 Å². The summed E-state index contributed by atoms with van der Waals surface area (Å²) >= 11 is 1.56. The van der Waals surface area contributed by atoms with Gasteiger partial charge in [0, 0.05) is 68.0 Å². The Hall–Kier alpha value is -2.98. The van der Waals surface area contributed by atoms with E-state index in [4.69, 9.17) is 4.98 Å². The Morgan fingerprint density at radius 3 is 2.57 bits per heavy atom. The van der Waals surface area contributed by atoms with E-state index in [1.54, 1.807) is 23.5 Å². The summed E-state index contributed by atoms with van der Waals surface area (Å²) in [4.78, 5) is 32.6. The van der Waals surface area contributed by atoms with Crippen molar-refractivity contribution in [3.05, 3.63) is 51.7 Å². The fraction of sp³-hybridized carbons (Fsp3) is 0.400. The Morgan fingerprint density at radius 2 is 1.93 bits per heavy atom. The quantitative estimate of drug-likeness (QED) is 0.497. The largest absolute Gasteiger partial charge is 0.336 e. The van der Waals surface area contributed by atoms with Gasteiger partial charge in [-0.2, -0.15) is 0 Å². The van der Waals surface area contributed by atoms with Gasteiger partial charge in [-0.05, 0) is 26.0 Å². The van der Waals surface area contributed by atoms with Crippen LogP contribution in [0.2, 0.25) is 0 Å². The number of non-ortho nitro benzene ring substituents is 1. The summed E-state index contributed by atoms with van der Waals surface area (Å²) in [6, 6.07) is 6.64. The molecule has 2 amide bonds. The summed E-state index contributed by atoms with van der Waals surface area (Å²) in [6.07, 6.45) is 2.00. The van der Waals surface area contributed by atoms with E-state index >= 15 is 0 Å². The van der Waals surface area contributed by atoms with Crippen molar-refractivity contribution in [2.75, 3.05) is 26.2 Å². The number of nitro groups is 1. The Labute approximate surface area is 178 Å². The fourth-order valence-corrected chi connectivity index (χ4v) is 4.35.